The van der Waals surface area contributed by atoms with E-state index in [4.69, 9.17) is 11.5 Å². The molecule has 0 aromatic heterocycles. The average molecular weight is 261 g/mol. The molecule has 0 radical (unpaired) electrons. The van der Waals surface area contributed by atoms with Gasteiger partial charge in [-0.25, -0.2) is 0 Å². The van der Waals surface area contributed by atoms with Gasteiger partial charge in [-0.2, -0.15) is 0 Å². The van der Waals surface area contributed by atoms with E-state index in [0.717, 1.165) is 30.6 Å². The molecule has 4 heteroatoms. The molecule has 1 aliphatic carbocycles. The van der Waals surface area contributed by atoms with Crippen molar-refractivity contribution in [1.82, 2.24) is 4.90 Å². The Morgan fingerprint density at radius 3 is 2.63 bits per heavy atom. The summed E-state index contributed by atoms with van der Waals surface area (Å²) in [5.41, 5.74) is 13.1. The zero-order valence-electron chi connectivity index (χ0n) is 11.3. The number of carbonyl (C=O) groups excluding carboxylic acids is 1. The minimum atomic E-state index is -0.255. The van der Waals surface area contributed by atoms with Crippen molar-refractivity contribution in [1.29, 1.82) is 0 Å². The van der Waals surface area contributed by atoms with Gasteiger partial charge < -0.3 is 11.5 Å². The Morgan fingerprint density at radius 2 is 2.00 bits per heavy atom. The number of carbonyl (C=O) groups is 1. The van der Waals surface area contributed by atoms with E-state index in [1.165, 1.54) is 19.3 Å². The number of amides is 1. The first-order chi connectivity index (χ1) is 9.15. The van der Waals surface area contributed by atoms with Crippen molar-refractivity contribution in [2.45, 2.75) is 44.7 Å². The van der Waals surface area contributed by atoms with Crippen molar-refractivity contribution in [3.8, 4) is 0 Å². The van der Waals surface area contributed by atoms with Gasteiger partial charge in [-0.05, 0) is 30.5 Å². The topological polar surface area (TPSA) is 72.4 Å². The second-order valence-corrected chi connectivity index (χ2v) is 5.41. The fourth-order valence-corrected chi connectivity index (χ4v) is 2.89. The molecule has 0 heterocycles. The van der Waals surface area contributed by atoms with E-state index >= 15 is 0 Å². The first-order valence-corrected chi connectivity index (χ1v) is 7.02. The van der Waals surface area contributed by atoms with E-state index < -0.39 is 0 Å². The van der Waals surface area contributed by atoms with E-state index in [-0.39, 0.29) is 5.91 Å². The molecular weight excluding hydrogens is 238 g/mol. The lowest BCUT2D eigenvalue weighted by Gasteiger charge is -2.33. The van der Waals surface area contributed by atoms with Crippen molar-refractivity contribution < 1.29 is 4.79 Å². The number of nitrogen functional groups attached to an aromatic ring is 1. The molecule has 19 heavy (non-hydrogen) atoms. The summed E-state index contributed by atoms with van der Waals surface area (Å²) in [6.07, 6.45) is 6.12. The van der Waals surface area contributed by atoms with Gasteiger partial charge >= 0.3 is 0 Å². The Hall–Kier alpha value is -1.55. The minimum absolute atomic E-state index is 0.255. The van der Waals surface area contributed by atoms with E-state index in [1.807, 2.05) is 24.3 Å². The predicted molar refractivity (Wildman–Crippen MR) is 77.3 cm³/mol. The second-order valence-electron chi connectivity index (χ2n) is 5.41. The smallest absolute Gasteiger partial charge is 0.231 e. The third kappa shape index (κ3) is 4.24. The van der Waals surface area contributed by atoms with Gasteiger partial charge in [0.1, 0.15) is 0 Å². The van der Waals surface area contributed by atoms with E-state index in [9.17, 15) is 4.79 Å². The molecule has 104 valence electrons. The molecule has 0 bridgehead atoms. The molecule has 0 spiro atoms. The normalized spacial score (nSPS) is 16.7. The average Bonchev–Trinajstić information content (AvgIpc) is 2.38. The van der Waals surface area contributed by atoms with Crippen LogP contribution in [0.25, 0.3) is 0 Å². The lowest BCUT2D eigenvalue weighted by molar-refractivity contribution is -0.120. The second kappa shape index (κ2) is 6.57. The van der Waals surface area contributed by atoms with Crippen LogP contribution in [-0.4, -0.2) is 23.4 Å². The minimum Gasteiger partial charge on any atom is -0.399 e. The summed E-state index contributed by atoms with van der Waals surface area (Å²) in [5, 5.41) is 0. The largest absolute Gasteiger partial charge is 0.399 e. The fraction of sp³-hybridized carbons (Fsp3) is 0.533. The van der Waals surface area contributed by atoms with Gasteiger partial charge in [0.25, 0.3) is 0 Å². The highest BCUT2D eigenvalue weighted by molar-refractivity contribution is 5.76. The molecule has 0 unspecified atom stereocenters. The van der Waals surface area contributed by atoms with Crippen LogP contribution >= 0.6 is 0 Å². The first kappa shape index (κ1) is 13.9. The maximum Gasteiger partial charge on any atom is 0.231 e. The molecule has 4 nitrogen and oxygen atoms in total. The Balaban J connectivity index is 2.06. The van der Waals surface area contributed by atoms with Gasteiger partial charge in [0.15, 0.2) is 0 Å². The Morgan fingerprint density at radius 1 is 1.26 bits per heavy atom. The molecule has 0 saturated heterocycles. The van der Waals surface area contributed by atoms with Crippen LogP contribution in [0.2, 0.25) is 0 Å². The van der Waals surface area contributed by atoms with Crippen molar-refractivity contribution in [2.75, 3.05) is 12.3 Å². The van der Waals surface area contributed by atoms with Crippen LogP contribution in [-0.2, 0) is 11.3 Å². The standard InChI is InChI=1S/C15H23N3O/c16-13-6-4-5-12(9-13)10-18(11-15(17)19)14-7-2-1-3-8-14/h4-6,9,14H,1-3,7-8,10-11,16H2,(H2,17,19). The van der Waals surface area contributed by atoms with E-state index in [1.54, 1.807) is 0 Å². The van der Waals surface area contributed by atoms with Crippen molar-refractivity contribution in [3.63, 3.8) is 0 Å². The van der Waals surface area contributed by atoms with E-state index in [2.05, 4.69) is 4.90 Å². The Bertz CT molecular complexity index is 427. The van der Waals surface area contributed by atoms with Crippen molar-refractivity contribution >= 4 is 11.6 Å². The Kier molecular flexibility index (Phi) is 4.80. The molecule has 1 saturated carbocycles. The highest BCUT2D eigenvalue weighted by atomic mass is 16.1. The Labute approximate surface area is 114 Å². The zero-order chi connectivity index (χ0) is 13.7. The number of nitrogens with two attached hydrogens (primary N) is 2. The van der Waals surface area contributed by atoms with Crippen LogP contribution in [0.4, 0.5) is 5.69 Å². The molecule has 1 aliphatic rings. The van der Waals surface area contributed by atoms with Crippen LogP contribution in [0.3, 0.4) is 0 Å². The number of benzene rings is 1. The van der Waals surface area contributed by atoms with Gasteiger partial charge in [0.2, 0.25) is 5.91 Å². The molecule has 1 fully saturated rings. The molecule has 1 aromatic rings. The van der Waals surface area contributed by atoms with Gasteiger partial charge in [0.05, 0.1) is 6.54 Å². The number of nitrogens with zero attached hydrogens (tertiary/aromatic N) is 1. The molecular formula is C15H23N3O. The van der Waals surface area contributed by atoms with Crippen molar-refractivity contribution in [3.05, 3.63) is 29.8 Å². The highest BCUT2D eigenvalue weighted by Gasteiger charge is 2.22. The zero-order valence-corrected chi connectivity index (χ0v) is 11.3. The van der Waals surface area contributed by atoms with Crippen LogP contribution in [0, 0.1) is 0 Å². The number of anilines is 1. The van der Waals surface area contributed by atoms with Crippen LogP contribution in [0.1, 0.15) is 37.7 Å². The summed E-state index contributed by atoms with van der Waals surface area (Å²) in [5.74, 6) is -0.255. The highest BCUT2D eigenvalue weighted by Crippen LogP contribution is 2.24. The monoisotopic (exact) mass is 261 g/mol. The van der Waals surface area contributed by atoms with Gasteiger partial charge in [-0.15, -0.1) is 0 Å². The molecule has 0 atom stereocenters. The summed E-state index contributed by atoms with van der Waals surface area (Å²) in [6, 6.07) is 8.32. The molecule has 2 rings (SSSR count). The van der Waals surface area contributed by atoms with Gasteiger partial charge in [0, 0.05) is 18.3 Å². The summed E-state index contributed by atoms with van der Waals surface area (Å²) < 4.78 is 0. The quantitative estimate of drug-likeness (QED) is 0.795. The summed E-state index contributed by atoms with van der Waals surface area (Å²) in [6.45, 7) is 1.08. The lowest BCUT2D eigenvalue weighted by atomic mass is 9.93. The third-order valence-electron chi connectivity index (χ3n) is 3.79. The van der Waals surface area contributed by atoms with Gasteiger partial charge in [-0.1, -0.05) is 31.4 Å². The van der Waals surface area contributed by atoms with E-state index in [0.29, 0.717) is 12.6 Å². The van der Waals surface area contributed by atoms with Gasteiger partial charge in [-0.3, -0.25) is 9.69 Å². The first-order valence-electron chi connectivity index (χ1n) is 7.02. The lowest BCUT2D eigenvalue weighted by Crippen LogP contribution is -2.41. The number of hydrogen-bond donors (Lipinski definition) is 2. The summed E-state index contributed by atoms with van der Waals surface area (Å²) in [7, 11) is 0. The maximum atomic E-state index is 11.3. The van der Waals surface area contributed by atoms with Crippen LogP contribution in [0.5, 0.6) is 0 Å². The summed E-state index contributed by atoms with van der Waals surface area (Å²) >= 11 is 0. The molecule has 1 amide bonds. The number of primary amides is 1. The molecule has 4 N–H and O–H groups in total. The molecule has 1 aromatic carbocycles. The van der Waals surface area contributed by atoms with Crippen LogP contribution in [0.15, 0.2) is 24.3 Å². The van der Waals surface area contributed by atoms with Crippen molar-refractivity contribution in [2.24, 2.45) is 5.73 Å². The summed E-state index contributed by atoms with van der Waals surface area (Å²) in [4.78, 5) is 13.5. The van der Waals surface area contributed by atoms with Crippen LogP contribution < -0.4 is 11.5 Å². The number of hydrogen-bond acceptors (Lipinski definition) is 3. The number of rotatable bonds is 5. The predicted octanol–water partition coefficient (Wildman–Crippen LogP) is 1.89. The fourth-order valence-electron chi connectivity index (χ4n) is 2.89. The third-order valence-corrected chi connectivity index (χ3v) is 3.79. The SMILES string of the molecule is NC(=O)CN(Cc1cccc(N)c1)C1CCCCC1. The molecule has 0 aliphatic heterocycles. The maximum absolute atomic E-state index is 11.3.